The van der Waals surface area contributed by atoms with Crippen molar-refractivity contribution >= 4 is 27.5 Å². The third-order valence-electron chi connectivity index (χ3n) is 3.54. The van der Waals surface area contributed by atoms with Gasteiger partial charge < -0.3 is 5.32 Å². The molecule has 0 aliphatic rings. The molecule has 0 aliphatic carbocycles. The molecule has 0 saturated heterocycles. The summed E-state index contributed by atoms with van der Waals surface area (Å²) in [4.78, 5) is 21.2. The van der Waals surface area contributed by atoms with Crippen LogP contribution in [0.3, 0.4) is 0 Å². The van der Waals surface area contributed by atoms with Crippen LogP contribution in [0.4, 0.5) is 5.69 Å². The largest absolute Gasteiger partial charge is 0.322 e. The number of carbonyl (C=O) groups is 1. The van der Waals surface area contributed by atoms with Gasteiger partial charge in [-0.15, -0.1) is 0 Å². The van der Waals surface area contributed by atoms with Gasteiger partial charge in [-0.25, -0.2) is 9.97 Å². The minimum absolute atomic E-state index is 0.159. The maximum atomic E-state index is 12.5. The zero-order valence-corrected chi connectivity index (χ0v) is 15.0. The first-order valence-electron chi connectivity index (χ1n) is 7.50. The number of benzene rings is 2. The first kappa shape index (κ1) is 16.3. The van der Waals surface area contributed by atoms with Gasteiger partial charge in [-0.1, -0.05) is 23.8 Å². The number of amides is 1. The molecule has 24 heavy (non-hydrogen) atoms. The van der Waals surface area contributed by atoms with Gasteiger partial charge in [-0.05, 0) is 60.1 Å². The molecule has 3 aromatic rings. The highest BCUT2D eigenvalue weighted by molar-refractivity contribution is 9.10. The van der Waals surface area contributed by atoms with Gasteiger partial charge >= 0.3 is 0 Å². The van der Waals surface area contributed by atoms with Crippen LogP contribution in [0.25, 0.3) is 11.4 Å². The molecule has 5 heteroatoms. The highest BCUT2D eigenvalue weighted by Crippen LogP contribution is 2.22. The molecule has 0 fully saturated rings. The summed E-state index contributed by atoms with van der Waals surface area (Å²) in [6.45, 7) is 3.88. The van der Waals surface area contributed by atoms with Gasteiger partial charge in [0.2, 0.25) is 0 Å². The molecule has 0 atom stereocenters. The van der Waals surface area contributed by atoms with Crippen molar-refractivity contribution in [2.45, 2.75) is 13.8 Å². The van der Waals surface area contributed by atoms with Crippen molar-refractivity contribution in [3.8, 4) is 11.4 Å². The monoisotopic (exact) mass is 381 g/mol. The maximum absolute atomic E-state index is 12.5. The molecular formula is C19H16BrN3O. The Bertz CT molecular complexity index is 909. The Morgan fingerprint density at radius 1 is 1.08 bits per heavy atom. The van der Waals surface area contributed by atoms with Gasteiger partial charge in [0, 0.05) is 27.6 Å². The van der Waals surface area contributed by atoms with E-state index < -0.39 is 0 Å². The van der Waals surface area contributed by atoms with Crippen LogP contribution in [0.2, 0.25) is 0 Å². The average molecular weight is 382 g/mol. The van der Waals surface area contributed by atoms with Crippen LogP contribution >= 0.6 is 15.9 Å². The Morgan fingerprint density at radius 3 is 2.71 bits per heavy atom. The Morgan fingerprint density at radius 2 is 1.92 bits per heavy atom. The smallest absolute Gasteiger partial charge is 0.256 e. The van der Waals surface area contributed by atoms with Crippen molar-refractivity contribution in [1.82, 2.24) is 9.97 Å². The zero-order chi connectivity index (χ0) is 17.1. The molecule has 1 amide bonds. The van der Waals surface area contributed by atoms with Crippen LogP contribution in [-0.4, -0.2) is 15.9 Å². The van der Waals surface area contributed by atoms with E-state index in [0.29, 0.717) is 17.1 Å². The number of rotatable bonds is 3. The molecule has 0 bridgehead atoms. The summed E-state index contributed by atoms with van der Waals surface area (Å²) in [5, 5.41) is 2.93. The lowest BCUT2D eigenvalue weighted by molar-refractivity contribution is 0.102. The summed E-state index contributed by atoms with van der Waals surface area (Å²) in [7, 11) is 0. The normalized spacial score (nSPS) is 10.5. The second-order valence-corrected chi connectivity index (χ2v) is 6.39. The molecule has 3 rings (SSSR count). The molecule has 1 N–H and O–H groups in total. The van der Waals surface area contributed by atoms with Crippen LogP contribution in [0.1, 0.15) is 21.6 Å². The molecule has 1 heterocycles. The van der Waals surface area contributed by atoms with Crippen molar-refractivity contribution < 1.29 is 4.79 Å². The summed E-state index contributed by atoms with van der Waals surface area (Å²) < 4.78 is 0.767. The molecule has 0 aliphatic heterocycles. The Kier molecular flexibility index (Phi) is 4.71. The van der Waals surface area contributed by atoms with Gasteiger partial charge in [0.25, 0.3) is 5.91 Å². The molecule has 0 radical (unpaired) electrons. The predicted octanol–water partition coefficient (Wildman–Crippen LogP) is 4.78. The van der Waals surface area contributed by atoms with Gasteiger partial charge in [0.15, 0.2) is 5.82 Å². The fraction of sp³-hybridized carbons (Fsp3) is 0.105. The van der Waals surface area contributed by atoms with Crippen molar-refractivity contribution in [3.05, 3.63) is 76.0 Å². The zero-order valence-electron chi connectivity index (χ0n) is 13.4. The van der Waals surface area contributed by atoms with Crippen LogP contribution < -0.4 is 5.32 Å². The number of nitrogens with zero attached hydrogens (tertiary/aromatic N) is 2. The standard InChI is InChI=1S/C19H16BrN3O/c1-12-6-7-17(20)16(10-12)19(24)23-15-5-3-4-14(11-15)18-21-9-8-13(2)22-18/h3-11H,1-2H3,(H,23,24). The first-order chi connectivity index (χ1) is 11.5. The molecule has 0 saturated carbocycles. The summed E-state index contributed by atoms with van der Waals surface area (Å²) in [6, 6.07) is 15.1. The van der Waals surface area contributed by atoms with Crippen LogP contribution in [0, 0.1) is 13.8 Å². The lowest BCUT2D eigenvalue weighted by Gasteiger charge is -2.09. The Hall–Kier alpha value is -2.53. The van der Waals surface area contributed by atoms with E-state index in [1.807, 2.05) is 62.4 Å². The lowest BCUT2D eigenvalue weighted by atomic mass is 10.1. The SMILES string of the molecule is Cc1ccc(Br)c(C(=O)Nc2cccc(-c3nccc(C)n3)c2)c1. The molecule has 4 nitrogen and oxygen atoms in total. The van der Waals surface area contributed by atoms with Gasteiger partial charge in [0.1, 0.15) is 0 Å². The fourth-order valence-electron chi connectivity index (χ4n) is 2.34. The summed E-state index contributed by atoms with van der Waals surface area (Å²) in [5.74, 6) is 0.482. The number of carbonyl (C=O) groups excluding carboxylic acids is 1. The van der Waals surface area contributed by atoms with E-state index in [1.54, 1.807) is 6.20 Å². The minimum Gasteiger partial charge on any atom is -0.322 e. The minimum atomic E-state index is -0.159. The second-order valence-electron chi connectivity index (χ2n) is 5.54. The van der Waals surface area contributed by atoms with E-state index in [4.69, 9.17) is 0 Å². The lowest BCUT2D eigenvalue weighted by Crippen LogP contribution is -2.12. The molecular weight excluding hydrogens is 366 g/mol. The van der Waals surface area contributed by atoms with E-state index in [9.17, 15) is 4.79 Å². The number of nitrogens with one attached hydrogen (secondary N) is 1. The Balaban J connectivity index is 1.87. The van der Waals surface area contributed by atoms with E-state index in [0.717, 1.165) is 21.3 Å². The number of hydrogen-bond donors (Lipinski definition) is 1. The van der Waals surface area contributed by atoms with E-state index in [2.05, 4.69) is 31.2 Å². The number of aromatic nitrogens is 2. The Labute approximate surface area is 149 Å². The summed E-state index contributed by atoms with van der Waals surface area (Å²) in [6.07, 6.45) is 1.73. The number of anilines is 1. The predicted molar refractivity (Wildman–Crippen MR) is 99.0 cm³/mol. The first-order valence-corrected chi connectivity index (χ1v) is 8.30. The quantitative estimate of drug-likeness (QED) is 0.710. The third kappa shape index (κ3) is 3.68. The number of halogens is 1. The van der Waals surface area contributed by atoms with Crippen LogP contribution in [-0.2, 0) is 0 Å². The second kappa shape index (κ2) is 6.93. The van der Waals surface area contributed by atoms with Crippen molar-refractivity contribution in [3.63, 3.8) is 0 Å². The molecule has 0 unspecified atom stereocenters. The molecule has 2 aromatic carbocycles. The van der Waals surface area contributed by atoms with Crippen molar-refractivity contribution in [1.29, 1.82) is 0 Å². The van der Waals surface area contributed by atoms with Crippen molar-refractivity contribution in [2.24, 2.45) is 0 Å². The fourth-order valence-corrected chi connectivity index (χ4v) is 2.76. The van der Waals surface area contributed by atoms with Crippen LogP contribution in [0.15, 0.2) is 59.2 Å². The highest BCUT2D eigenvalue weighted by atomic mass is 79.9. The maximum Gasteiger partial charge on any atom is 0.256 e. The van der Waals surface area contributed by atoms with Crippen LogP contribution in [0.5, 0.6) is 0 Å². The molecule has 1 aromatic heterocycles. The average Bonchev–Trinajstić information content (AvgIpc) is 2.57. The number of aryl methyl sites for hydroxylation is 2. The molecule has 0 spiro atoms. The summed E-state index contributed by atoms with van der Waals surface area (Å²) in [5.41, 5.74) is 4.10. The third-order valence-corrected chi connectivity index (χ3v) is 4.23. The summed E-state index contributed by atoms with van der Waals surface area (Å²) >= 11 is 3.42. The highest BCUT2D eigenvalue weighted by Gasteiger charge is 2.11. The van der Waals surface area contributed by atoms with Crippen molar-refractivity contribution in [2.75, 3.05) is 5.32 Å². The number of hydrogen-bond acceptors (Lipinski definition) is 3. The van der Waals surface area contributed by atoms with Gasteiger partial charge in [0.05, 0.1) is 5.56 Å². The van der Waals surface area contributed by atoms with Gasteiger partial charge in [-0.2, -0.15) is 0 Å². The molecule has 120 valence electrons. The topological polar surface area (TPSA) is 54.9 Å². The van der Waals surface area contributed by atoms with E-state index >= 15 is 0 Å². The van der Waals surface area contributed by atoms with E-state index in [-0.39, 0.29) is 5.91 Å². The van der Waals surface area contributed by atoms with E-state index in [1.165, 1.54) is 0 Å². The van der Waals surface area contributed by atoms with Gasteiger partial charge in [-0.3, -0.25) is 4.79 Å².